The summed E-state index contributed by atoms with van der Waals surface area (Å²) in [5.41, 5.74) is 1.68. The Bertz CT molecular complexity index is 950. The Kier molecular flexibility index (Phi) is 10.2. The van der Waals surface area contributed by atoms with Gasteiger partial charge >= 0.3 is 6.09 Å². The van der Waals surface area contributed by atoms with Crippen LogP contribution in [0.3, 0.4) is 0 Å². The highest BCUT2D eigenvalue weighted by molar-refractivity contribution is 7.90. The van der Waals surface area contributed by atoms with Crippen LogP contribution < -0.4 is 25.4 Å². The fraction of sp³-hybridized carbons (Fsp3) is 0.526. The first-order chi connectivity index (χ1) is 14.9. The Morgan fingerprint density at radius 2 is 1.81 bits per heavy atom. The molecule has 0 heterocycles. The predicted molar refractivity (Wildman–Crippen MR) is 117 cm³/mol. The van der Waals surface area contributed by atoms with Gasteiger partial charge in [0.2, 0.25) is 11.9 Å². The molecule has 0 aliphatic heterocycles. The number of carboxylic acid groups (broad SMARTS) is 1. The molecule has 0 saturated heterocycles. The lowest BCUT2D eigenvalue weighted by Crippen LogP contribution is -2.47. The van der Waals surface area contributed by atoms with Crippen molar-refractivity contribution >= 4 is 28.0 Å². The molecule has 2 amide bonds. The van der Waals surface area contributed by atoms with E-state index in [9.17, 15) is 18.0 Å². The Labute approximate surface area is 187 Å². The highest BCUT2D eigenvalue weighted by Gasteiger charge is 2.24. The van der Waals surface area contributed by atoms with Crippen molar-refractivity contribution in [2.24, 2.45) is 0 Å². The summed E-state index contributed by atoms with van der Waals surface area (Å²) in [6.45, 7) is 5.13. The van der Waals surface area contributed by atoms with Gasteiger partial charge < -0.3 is 30.5 Å². The summed E-state index contributed by atoms with van der Waals surface area (Å²) < 4.78 is 37.8. The third-order valence-electron chi connectivity index (χ3n) is 4.68. The Hall–Kier alpha value is -3.06. The molecule has 1 rings (SSSR count). The van der Waals surface area contributed by atoms with Gasteiger partial charge in [-0.1, -0.05) is 0 Å². The smallest absolute Gasteiger partial charge is 0.405 e. The lowest BCUT2D eigenvalue weighted by molar-refractivity contribution is -0.124. The van der Waals surface area contributed by atoms with Crippen molar-refractivity contribution in [1.82, 2.24) is 20.7 Å². The predicted octanol–water partition coefficient (Wildman–Crippen LogP) is 0.560. The second-order valence-electron chi connectivity index (χ2n) is 7.00. The van der Waals surface area contributed by atoms with Crippen molar-refractivity contribution in [3.8, 4) is 5.75 Å². The number of hydrogen-bond donors (Lipinski definition) is 6. The molecule has 180 valence electrons. The van der Waals surface area contributed by atoms with Crippen molar-refractivity contribution in [3.05, 3.63) is 22.8 Å². The molecule has 6 N–H and O–H groups in total. The number of guanidine groups is 1. The van der Waals surface area contributed by atoms with Crippen LogP contribution >= 0.6 is 0 Å². The molecular weight excluding hydrogens is 442 g/mol. The van der Waals surface area contributed by atoms with E-state index in [1.807, 2.05) is 0 Å². The molecule has 0 aromatic heterocycles. The molecular formula is C19H31N5O7S. The molecule has 0 spiro atoms. The van der Waals surface area contributed by atoms with Crippen molar-refractivity contribution < 1.29 is 32.6 Å². The number of benzene rings is 1. The third-order valence-corrected chi connectivity index (χ3v) is 6.32. The number of amides is 2. The second kappa shape index (κ2) is 12.1. The van der Waals surface area contributed by atoms with E-state index in [2.05, 4.69) is 20.7 Å². The average Bonchev–Trinajstić information content (AvgIpc) is 2.70. The van der Waals surface area contributed by atoms with E-state index in [1.54, 1.807) is 26.8 Å². The van der Waals surface area contributed by atoms with Gasteiger partial charge in [0.1, 0.15) is 18.5 Å². The van der Waals surface area contributed by atoms with E-state index in [-0.39, 0.29) is 31.0 Å². The number of aryl methyl sites for hydroxylation is 1. The zero-order chi connectivity index (χ0) is 24.5. The van der Waals surface area contributed by atoms with Crippen LogP contribution in [0.2, 0.25) is 0 Å². The molecule has 0 radical (unpaired) electrons. The number of nitrogens with one attached hydrogen (secondary N) is 5. The van der Waals surface area contributed by atoms with Gasteiger partial charge in [-0.3, -0.25) is 10.2 Å². The Morgan fingerprint density at radius 3 is 2.38 bits per heavy atom. The molecule has 0 bridgehead atoms. The molecule has 1 atom stereocenters. The number of methoxy groups -OCH3 is 2. The second-order valence-corrected chi connectivity index (χ2v) is 8.62. The van der Waals surface area contributed by atoms with Crippen LogP contribution in [-0.4, -0.2) is 65.0 Å². The van der Waals surface area contributed by atoms with Gasteiger partial charge in [0, 0.05) is 13.7 Å². The highest BCUT2D eigenvalue weighted by atomic mass is 32.2. The normalized spacial score (nSPS) is 11.9. The SMILES string of the molecule is COCNC(=O)[C@@H](CCCNC(=N)NS(=O)(=O)c1c(C)cc(OC)c(C)c1C)NC(=O)O. The number of hydrogen-bond acceptors (Lipinski definition) is 7. The van der Waals surface area contributed by atoms with Crippen molar-refractivity contribution in [1.29, 1.82) is 5.41 Å². The zero-order valence-corrected chi connectivity index (χ0v) is 19.6. The van der Waals surface area contributed by atoms with Crippen LogP contribution in [0, 0.1) is 26.2 Å². The van der Waals surface area contributed by atoms with Gasteiger partial charge in [0.25, 0.3) is 10.0 Å². The van der Waals surface area contributed by atoms with E-state index in [0.717, 1.165) is 0 Å². The average molecular weight is 474 g/mol. The van der Waals surface area contributed by atoms with Crippen LogP contribution in [0.4, 0.5) is 4.79 Å². The summed E-state index contributed by atoms with van der Waals surface area (Å²) in [5, 5.41) is 23.9. The number of carbonyl (C=O) groups is 2. The monoisotopic (exact) mass is 473 g/mol. The molecule has 0 fully saturated rings. The van der Waals surface area contributed by atoms with E-state index in [0.29, 0.717) is 22.4 Å². The van der Waals surface area contributed by atoms with Gasteiger partial charge in [0.05, 0.1) is 12.0 Å². The Morgan fingerprint density at radius 1 is 1.16 bits per heavy atom. The van der Waals surface area contributed by atoms with E-state index >= 15 is 0 Å². The topological polar surface area (TPSA) is 179 Å². The molecule has 1 aromatic rings. The zero-order valence-electron chi connectivity index (χ0n) is 18.8. The van der Waals surface area contributed by atoms with Gasteiger partial charge in [0.15, 0.2) is 0 Å². The van der Waals surface area contributed by atoms with Crippen LogP contribution in [0.5, 0.6) is 5.75 Å². The highest BCUT2D eigenvalue weighted by Crippen LogP contribution is 2.30. The quantitative estimate of drug-likeness (QED) is 0.117. The summed E-state index contributed by atoms with van der Waals surface area (Å²) >= 11 is 0. The van der Waals surface area contributed by atoms with Gasteiger partial charge in [-0.2, -0.15) is 0 Å². The van der Waals surface area contributed by atoms with Crippen LogP contribution in [0.15, 0.2) is 11.0 Å². The molecule has 0 unspecified atom stereocenters. The maximum absolute atomic E-state index is 12.8. The maximum Gasteiger partial charge on any atom is 0.405 e. The van der Waals surface area contributed by atoms with Crippen molar-refractivity contribution in [2.75, 3.05) is 27.5 Å². The van der Waals surface area contributed by atoms with Gasteiger partial charge in [-0.05, 0) is 56.4 Å². The molecule has 1 aromatic carbocycles. The molecule has 0 saturated carbocycles. The first kappa shape index (κ1) is 27.0. The fourth-order valence-electron chi connectivity index (χ4n) is 3.07. The molecule has 0 aliphatic rings. The fourth-order valence-corrected chi connectivity index (χ4v) is 4.55. The summed E-state index contributed by atoms with van der Waals surface area (Å²) in [5.74, 6) is -0.416. The largest absolute Gasteiger partial charge is 0.496 e. The molecule has 12 nitrogen and oxygen atoms in total. The lowest BCUT2D eigenvalue weighted by atomic mass is 10.1. The third kappa shape index (κ3) is 7.57. The number of sulfonamides is 1. The van der Waals surface area contributed by atoms with Crippen molar-refractivity contribution in [3.63, 3.8) is 0 Å². The first-order valence-corrected chi connectivity index (χ1v) is 11.2. The molecule has 13 heteroatoms. The summed E-state index contributed by atoms with van der Waals surface area (Å²) in [6, 6.07) is 0.612. The van der Waals surface area contributed by atoms with Crippen LogP contribution in [-0.2, 0) is 19.6 Å². The summed E-state index contributed by atoms with van der Waals surface area (Å²) in [7, 11) is -1.14. The summed E-state index contributed by atoms with van der Waals surface area (Å²) in [4.78, 5) is 22.9. The minimum Gasteiger partial charge on any atom is -0.496 e. The standard InChI is InChI=1S/C19H31N5O7S/c1-11-9-15(31-5)12(2)13(3)16(11)32(28,29)24-18(20)21-8-6-7-14(23-19(26)27)17(25)22-10-30-4/h9,14,23H,6-8,10H2,1-5H3,(H,22,25)(H,26,27)(H3,20,21,24)/t14-/m1/s1. The minimum atomic E-state index is -4.02. The molecule has 32 heavy (non-hydrogen) atoms. The van der Waals surface area contributed by atoms with E-state index in [4.69, 9.17) is 20.0 Å². The number of rotatable bonds is 11. The lowest BCUT2D eigenvalue weighted by Gasteiger charge is -2.18. The minimum absolute atomic E-state index is 0.0645. The van der Waals surface area contributed by atoms with Crippen molar-refractivity contribution in [2.45, 2.75) is 44.6 Å². The summed E-state index contributed by atoms with van der Waals surface area (Å²) in [6.07, 6.45) is -0.934. The Balaban J connectivity index is 2.71. The van der Waals surface area contributed by atoms with Gasteiger partial charge in [-0.25, -0.2) is 17.9 Å². The number of carbonyl (C=O) groups excluding carboxylic acids is 1. The molecule has 0 aliphatic carbocycles. The van der Waals surface area contributed by atoms with Gasteiger partial charge in [-0.15, -0.1) is 0 Å². The maximum atomic E-state index is 12.8. The van der Waals surface area contributed by atoms with E-state index < -0.39 is 34.0 Å². The van der Waals surface area contributed by atoms with Crippen LogP contribution in [0.25, 0.3) is 0 Å². The number of ether oxygens (including phenoxy) is 2. The first-order valence-electron chi connectivity index (χ1n) is 9.70. The van der Waals surface area contributed by atoms with Crippen LogP contribution in [0.1, 0.15) is 29.5 Å². The van der Waals surface area contributed by atoms with E-state index in [1.165, 1.54) is 14.2 Å².